The molecule has 0 radical (unpaired) electrons. The van der Waals surface area contributed by atoms with Gasteiger partial charge in [-0.15, -0.1) is 0 Å². The number of hydrogen-bond donors (Lipinski definition) is 1. The van der Waals surface area contributed by atoms with Crippen LogP contribution >= 0.6 is 39.1 Å². The second-order valence-corrected chi connectivity index (χ2v) is 12.5. The van der Waals surface area contributed by atoms with Gasteiger partial charge >= 0.3 is 0 Å². The molecular weight excluding hydrogens is 625 g/mol. The SMILES string of the molecule is CCNC(=O)[C@@H](CC)N(Cc1ccc(Cl)c(Cl)c1)C(=O)CN(c1cccc(Br)c1)S(=O)(=O)c1ccc(C)cc1. The fraction of sp³-hybridized carbons (Fsp3) is 0.286. The van der Waals surface area contributed by atoms with Gasteiger partial charge in [0, 0.05) is 17.6 Å². The van der Waals surface area contributed by atoms with E-state index in [1.807, 2.05) is 6.92 Å². The van der Waals surface area contributed by atoms with Gasteiger partial charge in [-0.25, -0.2) is 8.42 Å². The Labute approximate surface area is 248 Å². The highest BCUT2D eigenvalue weighted by Gasteiger charge is 2.33. The minimum absolute atomic E-state index is 0.0300. The third-order valence-corrected chi connectivity index (χ3v) is 9.08. The number of hydrogen-bond acceptors (Lipinski definition) is 4. The van der Waals surface area contributed by atoms with Gasteiger partial charge in [0.1, 0.15) is 12.6 Å². The van der Waals surface area contributed by atoms with Crippen molar-refractivity contribution in [2.45, 2.75) is 44.7 Å². The molecule has 1 atom stereocenters. The summed E-state index contributed by atoms with van der Waals surface area (Å²) < 4.78 is 29.4. The number of carbonyl (C=O) groups is 2. The quantitative estimate of drug-likeness (QED) is 0.267. The van der Waals surface area contributed by atoms with Gasteiger partial charge in [0.15, 0.2) is 0 Å². The maximum atomic E-state index is 14.0. The Balaban J connectivity index is 2.07. The topological polar surface area (TPSA) is 86.8 Å². The van der Waals surface area contributed by atoms with E-state index in [9.17, 15) is 18.0 Å². The Morgan fingerprint density at radius 2 is 1.67 bits per heavy atom. The summed E-state index contributed by atoms with van der Waals surface area (Å²) in [4.78, 5) is 28.4. The molecule has 0 aliphatic heterocycles. The number of halogens is 3. The van der Waals surface area contributed by atoms with E-state index >= 15 is 0 Å². The molecule has 0 aromatic heterocycles. The van der Waals surface area contributed by atoms with Crippen LogP contribution in [0.4, 0.5) is 5.69 Å². The Morgan fingerprint density at radius 3 is 2.26 bits per heavy atom. The van der Waals surface area contributed by atoms with Crippen LogP contribution in [0.3, 0.4) is 0 Å². The zero-order valence-corrected chi connectivity index (χ0v) is 25.7. The van der Waals surface area contributed by atoms with Crippen molar-refractivity contribution in [2.24, 2.45) is 0 Å². The smallest absolute Gasteiger partial charge is 0.264 e. The average molecular weight is 655 g/mol. The second kappa shape index (κ2) is 13.7. The minimum Gasteiger partial charge on any atom is -0.355 e. The van der Waals surface area contributed by atoms with E-state index in [1.54, 1.807) is 68.4 Å². The molecule has 3 rings (SSSR count). The van der Waals surface area contributed by atoms with Gasteiger partial charge in [0.05, 0.1) is 20.6 Å². The summed E-state index contributed by atoms with van der Waals surface area (Å²) in [7, 11) is -4.14. The molecule has 0 saturated carbocycles. The predicted octanol–water partition coefficient (Wildman–Crippen LogP) is 6.20. The zero-order valence-electron chi connectivity index (χ0n) is 21.8. The van der Waals surface area contributed by atoms with E-state index in [4.69, 9.17) is 23.2 Å². The van der Waals surface area contributed by atoms with Crippen LogP contribution in [0.2, 0.25) is 10.0 Å². The fourth-order valence-electron chi connectivity index (χ4n) is 4.04. The maximum Gasteiger partial charge on any atom is 0.264 e. The monoisotopic (exact) mass is 653 g/mol. The molecule has 0 unspecified atom stereocenters. The molecule has 0 fully saturated rings. The van der Waals surface area contributed by atoms with E-state index in [2.05, 4.69) is 21.2 Å². The van der Waals surface area contributed by atoms with Crippen LogP contribution in [0.15, 0.2) is 76.1 Å². The minimum atomic E-state index is -4.14. The second-order valence-electron chi connectivity index (χ2n) is 8.89. The standard InChI is InChI=1S/C28H30BrCl2N3O4S/c1-4-26(28(36)32-5-2)33(17-20-11-14-24(30)25(31)15-20)27(35)18-34(22-8-6-7-21(29)16-22)39(37,38)23-12-9-19(3)10-13-23/h6-16,26H,4-5,17-18H2,1-3H3,(H,32,36)/t26-/m1/s1. The lowest BCUT2D eigenvalue weighted by molar-refractivity contribution is -0.140. The van der Waals surface area contributed by atoms with E-state index in [0.29, 0.717) is 38.7 Å². The van der Waals surface area contributed by atoms with Gasteiger partial charge in [0.25, 0.3) is 10.0 Å². The van der Waals surface area contributed by atoms with Crippen LogP contribution in [0, 0.1) is 6.92 Å². The Hall–Kier alpha value is -2.59. The number of anilines is 1. The van der Waals surface area contributed by atoms with Crippen molar-refractivity contribution in [2.75, 3.05) is 17.4 Å². The third kappa shape index (κ3) is 7.75. The molecule has 0 heterocycles. The first kappa shape index (κ1) is 30.9. The molecule has 1 N–H and O–H groups in total. The van der Waals surface area contributed by atoms with Gasteiger partial charge in [-0.2, -0.15) is 0 Å². The van der Waals surface area contributed by atoms with Crippen LogP contribution in [0.25, 0.3) is 0 Å². The van der Waals surface area contributed by atoms with Crippen molar-refractivity contribution in [1.29, 1.82) is 0 Å². The van der Waals surface area contributed by atoms with Crippen LogP contribution in [-0.4, -0.2) is 44.3 Å². The number of amides is 2. The summed E-state index contributed by atoms with van der Waals surface area (Å²) in [5.41, 5.74) is 1.86. The molecule has 208 valence electrons. The molecule has 0 bridgehead atoms. The summed E-state index contributed by atoms with van der Waals surface area (Å²) in [5.74, 6) is -0.876. The summed E-state index contributed by atoms with van der Waals surface area (Å²) in [6, 6.07) is 17.3. The first-order chi connectivity index (χ1) is 18.5. The maximum absolute atomic E-state index is 14.0. The lowest BCUT2D eigenvalue weighted by Crippen LogP contribution is -2.52. The third-order valence-electron chi connectivity index (χ3n) is 6.06. The molecular formula is C28H30BrCl2N3O4S. The molecule has 0 aliphatic carbocycles. The van der Waals surface area contributed by atoms with E-state index in [0.717, 1.165) is 9.87 Å². The van der Waals surface area contributed by atoms with Gasteiger partial charge in [-0.3, -0.25) is 13.9 Å². The first-order valence-corrected chi connectivity index (χ1v) is 15.3. The van der Waals surface area contributed by atoms with Crippen LogP contribution in [0.5, 0.6) is 0 Å². The Kier molecular flexibility index (Phi) is 10.8. The van der Waals surface area contributed by atoms with Crippen molar-refractivity contribution >= 4 is 66.7 Å². The van der Waals surface area contributed by atoms with Crippen molar-refractivity contribution in [3.8, 4) is 0 Å². The van der Waals surface area contributed by atoms with Crippen molar-refractivity contribution in [3.63, 3.8) is 0 Å². The molecule has 3 aromatic carbocycles. The van der Waals surface area contributed by atoms with Gasteiger partial charge in [0.2, 0.25) is 11.8 Å². The first-order valence-electron chi connectivity index (χ1n) is 12.3. The summed E-state index contributed by atoms with van der Waals surface area (Å²) in [6.45, 7) is 5.34. The summed E-state index contributed by atoms with van der Waals surface area (Å²) in [5, 5.41) is 3.44. The highest BCUT2D eigenvalue weighted by atomic mass is 79.9. The van der Waals surface area contributed by atoms with E-state index < -0.39 is 28.5 Å². The van der Waals surface area contributed by atoms with E-state index in [1.165, 1.54) is 17.0 Å². The molecule has 3 aromatic rings. The van der Waals surface area contributed by atoms with Crippen LogP contribution in [0.1, 0.15) is 31.4 Å². The van der Waals surface area contributed by atoms with Crippen molar-refractivity contribution < 1.29 is 18.0 Å². The molecule has 7 nitrogen and oxygen atoms in total. The Bertz CT molecular complexity index is 1430. The molecule has 11 heteroatoms. The number of aryl methyl sites for hydroxylation is 1. The average Bonchev–Trinajstić information content (AvgIpc) is 2.89. The van der Waals surface area contributed by atoms with E-state index in [-0.39, 0.29) is 17.3 Å². The number of nitrogens with one attached hydrogen (secondary N) is 1. The lowest BCUT2D eigenvalue weighted by Gasteiger charge is -2.33. The van der Waals surface area contributed by atoms with Crippen LogP contribution < -0.4 is 9.62 Å². The largest absolute Gasteiger partial charge is 0.355 e. The van der Waals surface area contributed by atoms with Crippen LogP contribution in [-0.2, 0) is 26.2 Å². The molecule has 39 heavy (non-hydrogen) atoms. The van der Waals surface area contributed by atoms with Crippen molar-refractivity contribution in [1.82, 2.24) is 10.2 Å². The van der Waals surface area contributed by atoms with Gasteiger partial charge in [-0.05, 0) is 68.3 Å². The highest BCUT2D eigenvalue weighted by molar-refractivity contribution is 9.10. The molecule has 0 spiro atoms. The normalized spacial score (nSPS) is 12.1. The number of carbonyl (C=O) groups excluding carboxylic acids is 2. The number of rotatable bonds is 11. The number of likely N-dealkylation sites (N-methyl/N-ethyl adjacent to an activating group) is 1. The van der Waals surface area contributed by atoms with Gasteiger partial charge in [-0.1, -0.05) is 75.9 Å². The van der Waals surface area contributed by atoms with Crippen molar-refractivity contribution in [3.05, 3.63) is 92.4 Å². The molecule has 2 amide bonds. The number of benzene rings is 3. The summed E-state index contributed by atoms with van der Waals surface area (Å²) in [6.07, 6.45) is 0.320. The van der Waals surface area contributed by atoms with Gasteiger partial charge < -0.3 is 10.2 Å². The summed E-state index contributed by atoms with van der Waals surface area (Å²) >= 11 is 15.7. The Morgan fingerprint density at radius 1 is 0.974 bits per heavy atom. The number of nitrogens with zero attached hydrogens (tertiary/aromatic N) is 2. The zero-order chi connectivity index (χ0) is 28.7. The molecule has 0 aliphatic rings. The predicted molar refractivity (Wildman–Crippen MR) is 160 cm³/mol. The number of sulfonamides is 1. The molecule has 0 saturated heterocycles. The highest BCUT2D eigenvalue weighted by Crippen LogP contribution is 2.28. The lowest BCUT2D eigenvalue weighted by atomic mass is 10.1. The fourth-order valence-corrected chi connectivity index (χ4v) is 6.16.